The Morgan fingerprint density at radius 3 is 2.67 bits per heavy atom. The Balaban J connectivity index is 1.94. The van der Waals surface area contributed by atoms with Crippen molar-refractivity contribution in [1.82, 2.24) is 10.3 Å². The van der Waals surface area contributed by atoms with Gasteiger partial charge in [-0.2, -0.15) is 0 Å². The van der Waals surface area contributed by atoms with Crippen molar-refractivity contribution in [2.75, 3.05) is 24.1 Å². The molecule has 0 radical (unpaired) electrons. The number of hydrogen-bond acceptors (Lipinski definition) is 5. The van der Waals surface area contributed by atoms with Gasteiger partial charge in [-0.25, -0.2) is 9.78 Å². The molecule has 0 saturated carbocycles. The van der Waals surface area contributed by atoms with Crippen LogP contribution in [0, 0.1) is 6.92 Å². The quantitative estimate of drug-likeness (QED) is 0.553. The number of rotatable bonds is 8. The van der Waals surface area contributed by atoms with Crippen LogP contribution >= 0.6 is 0 Å². The van der Waals surface area contributed by atoms with Gasteiger partial charge in [0, 0.05) is 18.8 Å². The highest BCUT2D eigenvalue weighted by molar-refractivity contribution is 5.71. The van der Waals surface area contributed by atoms with E-state index in [-0.39, 0.29) is 0 Å². The van der Waals surface area contributed by atoms with E-state index in [9.17, 15) is 4.79 Å². The number of nitrogen functional groups attached to an aromatic ring is 1. The standard InChI is InChI=1S/C17H22N4O3/c1-12-11-14(19-9-5-6-10-20-17(22)23)15(18)16(21-12)24-13-7-3-2-4-8-13/h2-4,7-8,11,20H,5-6,9-10,18H2,1H3,(H,19,21)(H,22,23). The number of carboxylic acid groups (broad SMARTS) is 1. The molecule has 2 rings (SSSR count). The number of para-hydroxylation sites is 1. The Bertz CT molecular complexity index is 677. The van der Waals surface area contributed by atoms with Crippen LogP contribution in [0.2, 0.25) is 0 Å². The van der Waals surface area contributed by atoms with Gasteiger partial charge < -0.3 is 26.2 Å². The Labute approximate surface area is 140 Å². The molecule has 0 spiro atoms. The molecule has 24 heavy (non-hydrogen) atoms. The zero-order valence-electron chi connectivity index (χ0n) is 13.6. The number of nitrogens with two attached hydrogens (primary N) is 1. The average Bonchev–Trinajstić information content (AvgIpc) is 2.55. The number of amides is 1. The summed E-state index contributed by atoms with van der Waals surface area (Å²) in [5.74, 6) is 1.05. The monoisotopic (exact) mass is 330 g/mol. The Morgan fingerprint density at radius 1 is 1.25 bits per heavy atom. The molecule has 1 heterocycles. The smallest absolute Gasteiger partial charge is 0.404 e. The zero-order valence-corrected chi connectivity index (χ0v) is 13.6. The number of nitrogens with zero attached hydrogens (tertiary/aromatic N) is 1. The predicted octanol–water partition coefficient (Wildman–Crippen LogP) is 3.22. The van der Waals surface area contributed by atoms with E-state index < -0.39 is 6.09 Å². The molecule has 5 N–H and O–H groups in total. The van der Waals surface area contributed by atoms with Crippen LogP contribution in [0.1, 0.15) is 18.5 Å². The topological polar surface area (TPSA) is 110 Å². The summed E-state index contributed by atoms with van der Waals surface area (Å²) in [5, 5.41) is 14.1. The molecule has 1 aromatic carbocycles. The van der Waals surface area contributed by atoms with E-state index in [1.54, 1.807) is 0 Å². The highest BCUT2D eigenvalue weighted by atomic mass is 16.5. The number of nitrogens with one attached hydrogen (secondary N) is 2. The molecular weight excluding hydrogens is 308 g/mol. The number of aromatic nitrogens is 1. The minimum Gasteiger partial charge on any atom is -0.465 e. The van der Waals surface area contributed by atoms with Crippen molar-refractivity contribution >= 4 is 17.5 Å². The molecular formula is C17H22N4O3. The maximum Gasteiger partial charge on any atom is 0.404 e. The van der Waals surface area contributed by atoms with E-state index in [0.717, 1.165) is 24.2 Å². The maximum absolute atomic E-state index is 10.4. The molecule has 0 fully saturated rings. The Hall–Kier alpha value is -2.96. The summed E-state index contributed by atoms with van der Waals surface area (Å²) in [7, 11) is 0. The minimum absolute atomic E-state index is 0.372. The fraction of sp³-hybridized carbons (Fsp3) is 0.294. The maximum atomic E-state index is 10.4. The normalized spacial score (nSPS) is 10.2. The largest absolute Gasteiger partial charge is 0.465 e. The van der Waals surface area contributed by atoms with Gasteiger partial charge in [-0.15, -0.1) is 0 Å². The third-order valence-electron chi connectivity index (χ3n) is 3.30. The fourth-order valence-electron chi connectivity index (χ4n) is 2.15. The summed E-state index contributed by atoms with van der Waals surface area (Å²) in [6.45, 7) is 2.99. The van der Waals surface area contributed by atoms with Crippen LogP contribution in [0.4, 0.5) is 16.2 Å². The summed E-state index contributed by atoms with van der Waals surface area (Å²) in [4.78, 5) is 14.7. The predicted molar refractivity (Wildman–Crippen MR) is 93.7 cm³/mol. The lowest BCUT2D eigenvalue weighted by Crippen LogP contribution is -2.22. The van der Waals surface area contributed by atoms with E-state index in [0.29, 0.717) is 30.4 Å². The van der Waals surface area contributed by atoms with Gasteiger partial charge in [0.2, 0.25) is 5.88 Å². The van der Waals surface area contributed by atoms with Crippen molar-refractivity contribution in [2.45, 2.75) is 19.8 Å². The first-order valence-corrected chi connectivity index (χ1v) is 7.77. The molecule has 1 amide bonds. The Morgan fingerprint density at radius 2 is 1.96 bits per heavy atom. The number of unbranched alkanes of at least 4 members (excludes halogenated alkanes) is 1. The van der Waals surface area contributed by atoms with Crippen LogP contribution in [0.5, 0.6) is 11.6 Å². The van der Waals surface area contributed by atoms with Gasteiger partial charge in [-0.05, 0) is 38.0 Å². The van der Waals surface area contributed by atoms with Gasteiger partial charge in [0.15, 0.2) is 0 Å². The van der Waals surface area contributed by atoms with Crippen LogP contribution in [-0.4, -0.2) is 29.3 Å². The number of anilines is 2. The lowest BCUT2D eigenvalue weighted by Gasteiger charge is -2.14. The molecule has 0 aliphatic rings. The second-order valence-electron chi connectivity index (χ2n) is 5.31. The van der Waals surface area contributed by atoms with Gasteiger partial charge in [0.25, 0.3) is 0 Å². The fourth-order valence-corrected chi connectivity index (χ4v) is 2.15. The van der Waals surface area contributed by atoms with Crippen molar-refractivity contribution in [3.63, 3.8) is 0 Å². The van der Waals surface area contributed by atoms with Crippen LogP contribution in [0.25, 0.3) is 0 Å². The van der Waals surface area contributed by atoms with Gasteiger partial charge in [-0.1, -0.05) is 18.2 Å². The number of carbonyl (C=O) groups is 1. The van der Waals surface area contributed by atoms with Gasteiger partial charge in [0.1, 0.15) is 11.4 Å². The number of hydrogen-bond donors (Lipinski definition) is 4. The lowest BCUT2D eigenvalue weighted by atomic mass is 10.2. The third-order valence-corrected chi connectivity index (χ3v) is 3.30. The molecule has 128 valence electrons. The van der Waals surface area contributed by atoms with Crippen LogP contribution in [0.3, 0.4) is 0 Å². The molecule has 7 heteroatoms. The van der Waals surface area contributed by atoms with Crippen LogP contribution < -0.4 is 21.1 Å². The molecule has 0 unspecified atom stereocenters. The second-order valence-corrected chi connectivity index (χ2v) is 5.31. The van der Waals surface area contributed by atoms with E-state index in [1.807, 2.05) is 43.3 Å². The van der Waals surface area contributed by atoms with Crippen molar-refractivity contribution in [3.05, 3.63) is 42.1 Å². The number of aryl methyl sites for hydroxylation is 1. The van der Waals surface area contributed by atoms with Crippen molar-refractivity contribution in [2.24, 2.45) is 0 Å². The second kappa shape index (κ2) is 8.61. The third kappa shape index (κ3) is 5.35. The van der Waals surface area contributed by atoms with E-state index in [1.165, 1.54) is 0 Å². The van der Waals surface area contributed by atoms with Crippen LogP contribution in [-0.2, 0) is 0 Å². The summed E-state index contributed by atoms with van der Waals surface area (Å²) in [5.41, 5.74) is 8.15. The van der Waals surface area contributed by atoms with E-state index in [4.69, 9.17) is 15.6 Å². The summed E-state index contributed by atoms with van der Waals surface area (Å²) in [6, 6.07) is 11.2. The lowest BCUT2D eigenvalue weighted by molar-refractivity contribution is 0.194. The van der Waals surface area contributed by atoms with Crippen molar-refractivity contribution < 1.29 is 14.6 Å². The van der Waals surface area contributed by atoms with Crippen LogP contribution in [0.15, 0.2) is 36.4 Å². The SMILES string of the molecule is Cc1cc(NCCCCNC(=O)O)c(N)c(Oc2ccccc2)n1. The highest BCUT2D eigenvalue weighted by Crippen LogP contribution is 2.31. The number of pyridine rings is 1. The van der Waals surface area contributed by atoms with E-state index >= 15 is 0 Å². The van der Waals surface area contributed by atoms with Crippen molar-refractivity contribution in [3.8, 4) is 11.6 Å². The number of ether oxygens (including phenoxy) is 1. The molecule has 0 aliphatic carbocycles. The molecule has 1 aromatic heterocycles. The molecule has 2 aromatic rings. The first-order chi connectivity index (χ1) is 11.6. The summed E-state index contributed by atoms with van der Waals surface area (Å²) < 4.78 is 5.75. The molecule has 0 bridgehead atoms. The zero-order chi connectivity index (χ0) is 17.4. The molecule has 7 nitrogen and oxygen atoms in total. The average molecular weight is 330 g/mol. The molecule has 0 saturated heterocycles. The summed E-state index contributed by atoms with van der Waals surface area (Å²) in [6.07, 6.45) is 0.562. The minimum atomic E-state index is -1.00. The van der Waals surface area contributed by atoms with Gasteiger partial charge in [0.05, 0.1) is 5.69 Å². The molecule has 0 aliphatic heterocycles. The van der Waals surface area contributed by atoms with Crippen molar-refractivity contribution in [1.29, 1.82) is 0 Å². The molecule has 0 atom stereocenters. The number of benzene rings is 1. The highest BCUT2D eigenvalue weighted by Gasteiger charge is 2.10. The van der Waals surface area contributed by atoms with Gasteiger partial charge >= 0.3 is 6.09 Å². The van der Waals surface area contributed by atoms with E-state index in [2.05, 4.69) is 15.6 Å². The Kier molecular flexibility index (Phi) is 6.24. The van der Waals surface area contributed by atoms with Gasteiger partial charge in [-0.3, -0.25) is 0 Å². The summed E-state index contributed by atoms with van der Waals surface area (Å²) >= 11 is 0. The first kappa shape index (κ1) is 17.4. The first-order valence-electron chi connectivity index (χ1n) is 7.77.